The third-order valence-electron chi connectivity index (χ3n) is 3.77. The number of thiophene rings is 1. The molecule has 1 aliphatic rings. The number of allylic oxidation sites excluding steroid dienone is 2. The number of carbonyl (C=O) groups excluding carboxylic acids is 1. The predicted molar refractivity (Wildman–Crippen MR) is 79.9 cm³/mol. The van der Waals surface area contributed by atoms with Crippen LogP contribution in [0.25, 0.3) is 0 Å². The lowest BCUT2D eigenvalue weighted by Crippen LogP contribution is -2.21. The molecular formula is C16H22O2S. The van der Waals surface area contributed by atoms with Crippen LogP contribution >= 0.6 is 11.3 Å². The van der Waals surface area contributed by atoms with E-state index in [-0.39, 0.29) is 12.4 Å². The van der Waals surface area contributed by atoms with E-state index in [4.69, 9.17) is 4.74 Å². The first-order valence-electron chi connectivity index (χ1n) is 7.05. The minimum Gasteiger partial charge on any atom is -0.373 e. The third kappa shape index (κ3) is 4.02. The van der Waals surface area contributed by atoms with Crippen molar-refractivity contribution in [1.82, 2.24) is 0 Å². The van der Waals surface area contributed by atoms with Gasteiger partial charge < -0.3 is 4.74 Å². The summed E-state index contributed by atoms with van der Waals surface area (Å²) in [5, 5.41) is 0. The van der Waals surface area contributed by atoms with Crippen molar-refractivity contribution in [2.75, 3.05) is 13.2 Å². The monoisotopic (exact) mass is 278 g/mol. The minimum absolute atomic E-state index is 0.115. The van der Waals surface area contributed by atoms with Crippen LogP contribution in [0.4, 0.5) is 0 Å². The summed E-state index contributed by atoms with van der Waals surface area (Å²) in [5.41, 5.74) is 0. The summed E-state index contributed by atoms with van der Waals surface area (Å²) < 4.78 is 5.63. The lowest BCUT2D eigenvalue weighted by molar-refractivity contribution is 0.0606. The van der Waals surface area contributed by atoms with Crippen LogP contribution in [0.1, 0.15) is 41.2 Å². The molecular weight excluding hydrogens is 256 g/mol. The van der Waals surface area contributed by atoms with E-state index in [2.05, 4.69) is 26.0 Å². The van der Waals surface area contributed by atoms with Crippen LogP contribution in [0.15, 0.2) is 24.3 Å². The average Bonchev–Trinajstić information content (AvgIpc) is 2.90. The van der Waals surface area contributed by atoms with Crippen molar-refractivity contribution < 1.29 is 9.53 Å². The van der Waals surface area contributed by atoms with Gasteiger partial charge in [0.2, 0.25) is 0 Å². The molecule has 0 radical (unpaired) electrons. The van der Waals surface area contributed by atoms with Crippen LogP contribution < -0.4 is 0 Å². The first-order valence-corrected chi connectivity index (χ1v) is 7.87. The zero-order chi connectivity index (χ0) is 13.7. The van der Waals surface area contributed by atoms with E-state index in [9.17, 15) is 4.79 Å². The maximum Gasteiger partial charge on any atom is 0.198 e. The molecule has 1 aromatic heterocycles. The van der Waals surface area contributed by atoms with Gasteiger partial charge in [0, 0.05) is 4.88 Å². The summed E-state index contributed by atoms with van der Waals surface area (Å²) in [7, 11) is 0. The van der Waals surface area contributed by atoms with Gasteiger partial charge in [-0.05, 0) is 43.2 Å². The normalized spacial score (nSPS) is 22.6. The number of ether oxygens (including phenoxy) is 1. The molecule has 0 spiro atoms. The summed E-state index contributed by atoms with van der Waals surface area (Å²) in [6, 6.07) is 3.95. The molecule has 0 aromatic carbocycles. The molecule has 19 heavy (non-hydrogen) atoms. The highest BCUT2D eigenvalue weighted by Gasteiger charge is 2.19. The Hall–Kier alpha value is -0.930. The Morgan fingerprint density at radius 1 is 1.37 bits per heavy atom. The molecule has 1 heterocycles. The van der Waals surface area contributed by atoms with Gasteiger partial charge in [-0.1, -0.05) is 26.0 Å². The van der Waals surface area contributed by atoms with E-state index < -0.39 is 0 Å². The molecule has 0 aliphatic heterocycles. The molecule has 2 nitrogen and oxygen atoms in total. The van der Waals surface area contributed by atoms with Gasteiger partial charge >= 0.3 is 0 Å². The van der Waals surface area contributed by atoms with Gasteiger partial charge in [-0.3, -0.25) is 4.79 Å². The number of rotatable bonds is 6. The topological polar surface area (TPSA) is 26.3 Å². The Kier molecular flexibility index (Phi) is 5.34. The standard InChI is InChI=1S/C16H22O2S/c1-3-14-8-9-16(19-14)15(17)11-18-10-13-7-5-4-6-12(13)2/h4-5,8-9,12-13H,3,6-7,10-11H2,1-2H3. The van der Waals surface area contributed by atoms with Crippen LogP contribution in [0, 0.1) is 11.8 Å². The van der Waals surface area contributed by atoms with Crippen molar-refractivity contribution >= 4 is 17.1 Å². The largest absolute Gasteiger partial charge is 0.373 e. The quantitative estimate of drug-likeness (QED) is 0.578. The summed E-state index contributed by atoms with van der Waals surface area (Å²) >= 11 is 1.59. The average molecular weight is 278 g/mol. The van der Waals surface area contributed by atoms with E-state index >= 15 is 0 Å². The fraction of sp³-hybridized carbons (Fsp3) is 0.562. The van der Waals surface area contributed by atoms with Gasteiger partial charge in [0.15, 0.2) is 5.78 Å². The Morgan fingerprint density at radius 2 is 2.16 bits per heavy atom. The highest BCUT2D eigenvalue weighted by molar-refractivity contribution is 7.14. The lowest BCUT2D eigenvalue weighted by Gasteiger charge is -2.24. The van der Waals surface area contributed by atoms with E-state index in [1.807, 2.05) is 12.1 Å². The van der Waals surface area contributed by atoms with Gasteiger partial charge in [-0.15, -0.1) is 11.3 Å². The van der Waals surface area contributed by atoms with E-state index in [0.29, 0.717) is 18.4 Å². The molecule has 104 valence electrons. The second kappa shape index (κ2) is 7.01. The van der Waals surface area contributed by atoms with Crippen LogP contribution in [-0.2, 0) is 11.2 Å². The summed E-state index contributed by atoms with van der Waals surface area (Å²) in [6.07, 6.45) is 7.67. The van der Waals surface area contributed by atoms with Crippen LogP contribution in [0.5, 0.6) is 0 Å². The highest BCUT2D eigenvalue weighted by atomic mass is 32.1. The zero-order valence-electron chi connectivity index (χ0n) is 11.7. The van der Waals surface area contributed by atoms with E-state index in [1.54, 1.807) is 11.3 Å². The molecule has 2 rings (SSSR count). The van der Waals surface area contributed by atoms with Gasteiger partial charge in [-0.2, -0.15) is 0 Å². The Morgan fingerprint density at radius 3 is 2.84 bits per heavy atom. The summed E-state index contributed by atoms with van der Waals surface area (Å²) in [5.74, 6) is 1.34. The van der Waals surface area contributed by atoms with Crippen molar-refractivity contribution in [3.05, 3.63) is 34.0 Å². The summed E-state index contributed by atoms with van der Waals surface area (Å²) in [6.45, 7) is 5.28. The number of hydrogen-bond acceptors (Lipinski definition) is 3. The van der Waals surface area contributed by atoms with Crippen molar-refractivity contribution in [1.29, 1.82) is 0 Å². The maximum atomic E-state index is 12.0. The molecule has 0 amide bonds. The van der Waals surface area contributed by atoms with Gasteiger partial charge in [0.25, 0.3) is 0 Å². The third-order valence-corrected chi connectivity index (χ3v) is 5.04. The van der Waals surface area contributed by atoms with E-state index in [0.717, 1.165) is 24.1 Å². The smallest absolute Gasteiger partial charge is 0.198 e. The van der Waals surface area contributed by atoms with Crippen LogP contribution in [0.3, 0.4) is 0 Å². The van der Waals surface area contributed by atoms with Crippen molar-refractivity contribution in [2.24, 2.45) is 11.8 Å². The van der Waals surface area contributed by atoms with Crippen LogP contribution in [0.2, 0.25) is 0 Å². The molecule has 0 bridgehead atoms. The zero-order valence-corrected chi connectivity index (χ0v) is 12.5. The molecule has 2 atom stereocenters. The number of aryl methyl sites for hydroxylation is 1. The Bertz CT molecular complexity index is 447. The Labute approximate surface area is 119 Å². The van der Waals surface area contributed by atoms with Crippen molar-refractivity contribution in [3.63, 3.8) is 0 Å². The lowest BCUT2D eigenvalue weighted by atomic mass is 9.85. The number of hydrogen-bond donors (Lipinski definition) is 0. The maximum absolute atomic E-state index is 12.0. The molecule has 1 aromatic rings. The molecule has 1 aliphatic carbocycles. The number of carbonyl (C=O) groups is 1. The van der Waals surface area contributed by atoms with Crippen LogP contribution in [-0.4, -0.2) is 19.0 Å². The fourth-order valence-electron chi connectivity index (χ4n) is 2.33. The SMILES string of the molecule is CCc1ccc(C(=O)COCC2CC=CCC2C)s1. The van der Waals surface area contributed by atoms with E-state index in [1.165, 1.54) is 4.88 Å². The number of Topliss-reactive ketones (excluding diaryl/α,β-unsaturated/α-hetero) is 1. The van der Waals surface area contributed by atoms with Gasteiger partial charge in [0.1, 0.15) is 6.61 Å². The summed E-state index contributed by atoms with van der Waals surface area (Å²) in [4.78, 5) is 14.1. The molecule has 0 saturated carbocycles. The second-order valence-electron chi connectivity index (χ2n) is 5.24. The molecule has 0 N–H and O–H groups in total. The fourth-order valence-corrected chi connectivity index (χ4v) is 3.20. The molecule has 2 unspecified atom stereocenters. The first-order chi connectivity index (χ1) is 9.20. The van der Waals surface area contributed by atoms with Crippen molar-refractivity contribution in [3.8, 4) is 0 Å². The number of ketones is 1. The molecule has 3 heteroatoms. The molecule has 0 saturated heterocycles. The predicted octanol–water partition coefficient (Wildman–Crippen LogP) is 4.11. The molecule has 0 fully saturated rings. The van der Waals surface area contributed by atoms with Gasteiger partial charge in [0.05, 0.1) is 11.5 Å². The minimum atomic E-state index is 0.115. The Balaban J connectivity index is 1.76. The van der Waals surface area contributed by atoms with Crippen molar-refractivity contribution in [2.45, 2.75) is 33.1 Å². The first kappa shape index (κ1) is 14.5. The highest BCUT2D eigenvalue weighted by Crippen LogP contribution is 2.25. The van der Waals surface area contributed by atoms with Gasteiger partial charge in [-0.25, -0.2) is 0 Å². The second-order valence-corrected chi connectivity index (χ2v) is 6.41.